The number of piperidine rings is 1. The fourth-order valence-corrected chi connectivity index (χ4v) is 5.53. The van der Waals surface area contributed by atoms with Crippen LogP contribution in [0.5, 0.6) is 0 Å². The predicted molar refractivity (Wildman–Crippen MR) is 169 cm³/mol. The maximum atomic E-state index is 13.2. The highest BCUT2D eigenvalue weighted by Crippen LogP contribution is 2.30. The van der Waals surface area contributed by atoms with Crippen molar-refractivity contribution in [2.45, 2.75) is 32.1 Å². The number of urea groups is 1. The van der Waals surface area contributed by atoms with Gasteiger partial charge in [-0.15, -0.1) is 0 Å². The Kier molecular flexibility index (Phi) is 8.52. The highest BCUT2D eigenvalue weighted by Gasteiger charge is 2.25. The molecule has 0 unspecified atom stereocenters. The second kappa shape index (κ2) is 13.0. The van der Waals surface area contributed by atoms with Crippen molar-refractivity contribution in [1.82, 2.24) is 19.9 Å². The molecule has 4 N–H and O–H groups in total. The number of amides is 3. The molecule has 4 aromatic rings. The van der Waals surface area contributed by atoms with Crippen LogP contribution in [0, 0.1) is 17.2 Å². The Hall–Kier alpha value is -5.21. The van der Waals surface area contributed by atoms with Crippen LogP contribution in [0.2, 0.25) is 5.02 Å². The quantitative estimate of drug-likeness (QED) is 0.213. The number of likely N-dealkylation sites (tertiary alicyclic amines) is 1. The van der Waals surface area contributed by atoms with Crippen LogP contribution in [0.1, 0.15) is 36.0 Å². The van der Waals surface area contributed by atoms with E-state index in [0.717, 1.165) is 47.5 Å². The zero-order chi connectivity index (χ0) is 30.5. The van der Waals surface area contributed by atoms with Gasteiger partial charge in [0.25, 0.3) is 0 Å². The van der Waals surface area contributed by atoms with E-state index in [1.807, 2.05) is 30.5 Å². The first-order chi connectivity index (χ1) is 21.4. The Morgan fingerprint density at radius 1 is 0.977 bits per heavy atom. The largest absolute Gasteiger partial charge is 0.339 e. The highest BCUT2D eigenvalue weighted by molar-refractivity contribution is 6.32. The Morgan fingerprint density at radius 3 is 2.59 bits per heavy atom. The average molecular weight is 608 g/mol. The second-order valence-electron chi connectivity index (χ2n) is 10.9. The van der Waals surface area contributed by atoms with Gasteiger partial charge in [-0.05, 0) is 91.3 Å². The van der Waals surface area contributed by atoms with Gasteiger partial charge in [-0.2, -0.15) is 10.2 Å². The minimum absolute atomic E-state index is 0.0540. The molecule has 6 rings (SSSR count). The molecule has 1 fully saturated rings. The van der Waals surface area contributed by atoms with Crippen molar-refractivity contribution in [2.75, 3.05) is 34.4 Å². The lowest BCUT2D eigenvalue weighted by molar-refractivity contribution is -0.117. The number of hydrogen-bond acceptors (Lipinski definition) is 8. The Morgan fingerprint density at radius 2 is 1.80 bits per heavy atom. The molecule has 2 aromatic heterocycles. The number of halogens is 1. The van der Waals surface area contributed by atoms with Crippen molar-refractivity contribution in [2.24, 2.45) is 5.92 Å². The van der Waals surface area contributed by atoms with E-state index >= 15 is 0 Å². The van der Waals surface area contributed by atoms with Gasteiger partial charge in [-0.1, -0.05) is 11.6 Å². The number of carbonyl (C=O) groups excluding carboxylic acids is 2. The summed E-state index contributed by atoms with van der Waals surface area (Å²) in [5.41, 5.74) is 5.51. The molecule has 0 spiro atoms. The normalized spacial score (nSPS) is 14.4. The summed E-state index contributed by atoms with van der Waals surface area (Å²) < 4.78 is 0. The average Bonchev–Trinajstić information content (AvgIpc) is 3.03. The number of aromatic nitrogens is 3. The predicted octanol–water partition coefficient (Wildman–Crippen LogP) is 6.26. The molecule has 0 aliphatic carbocycles. The monoisotopic (exact) mass is 607 g/mol. The van der Waals surface area contributed by atoms with E-state index in [9.17, 15) is 9.59 Å². The molecule has 1 saturated heterocycles. The standard InChI is InChI=1S/C32H30ClN9O2/c33-27-19-36-31-38-26-13-22(17-35-18-26)1-4-23-15-25(37-30(27)41-31)7-8-28(23)40-29(43)14-20-9-11-42(12-10-20)32(44)39-24-5-2-21(16-34)3-6-24/h2-3,5-8,13,15,17-20H,1,4,9-12,14H2,(H,39,44)(H,40,43)(H2,36,37,38,41). The Bertz CT molecular complexity index is 1730. The van der Waals surface area contributed by atoms with Crippen molar-refractivity contribution in [3.05, 3.63) is 88.8 Å². The van der Waals surface area contributed by atoms with Crippen LogP contribution in [-0.2, 0) is 17.6 Å². The molecule has 222 valence electrons. The van der Waals surface area contributed by atoms with Crippen LogP contribution in [0.25, 0.3) is 0 Å². The summed E-state index contributed by atoms with van der Waals surface area (Å²) >= 11 is 6.38. The lowest BCUT2D eigenvalue weighted by atomic mass is 9.93. The number of carbonyl (C=O) groups is 2. The number of anilines is 6. The first-order valence-electron chi connectivity index (χ1n) is 14.4. The lowest BCUT2D eigenvalue weighted by Gasteiger charge is -2.31. The Labute approximate surface area is 259 Å². The van der Waals surface area contributed by atoms with Crippen LogP contribution < -0.4 is 21.3 Å². The van der Waals surface area contributed by atoms with E-state index in [2.05, 4.69) is 42.3 Å². The summed E-state index contributed by atoms with van der Waals surface area (Å²) in [6.45, 7) is 1.14. The number of fused-ring (bicyclic) bond motifs is 6. The number of nitrogens with one attached hydrogen (secondary N) is 4. The van der Waals surface area contributed by atoms with Gasteiger partial charge in [0.2, 0.25) is 11.9 Å². The molecule has 12 heteroatoms. The number of benzene rings is 2. The van der Waals surface area contributed by atoms with Gasteiger partial charge in [0.05, 0.1) is 29.7 Å². The molecule has 2 aromatic carbocycles. The molecule has 11 nitrogen and oxygen atoms in total. The highest BCUT2D eigenvalue weighted by atomic mass is 35.5. The summed E-state index contributed by atoms with van der Waals surface area (Å²) in [4.78, 5) is 40.8. The molecule has 0 atom stereocenters. The first kappa shape index (κ1) is 28.9. The third-order valence-electron chi connectivity index (χ3n) is 7.76. The zero-order valence-electron chi connectivity index (χ0n) is 23.8. The van der Waals surface area contributed by atoms with Crippen LogP contribution in [-0.4, -0.2) is 44.9 Å². The third kappa shape index (κ3) is 7.04. The SMILES string of the molecule is N#Cc1ccc(NC(=O)N2CCC(CC(=O)Nc3ccc4cc3CCc3cncc(c3)Nc3ncc(Cl)c(n3)N4)CC2)cc1. The van der Waals surface area contributed by atoms with Crippen LogP contribution in [0.4, 0.5) is 39.3 Å². The van der Waals surface area contributed by atoms with E-state index < -0.39 is 0 Å². The second-order valence-corrected chi connectivity index (χ2v) is 11.3. The maximum absolute atomic E-state index is 13.2. The molecule has 3 amide bonds. The molecule has 0 saturated carbocycles. The van der Waals surface area contributed by atoms with Crippen molar-refractivity contribution < 1.29 is 9.59 Å². The number of nitriles is 1. The van der Waals surface area contributed by atoms with Gasteiger partial charge in [0.1, 0.15) is 5.02 Å². The molecule has 2 aliphatic rings. The van der Waals surface area contributed by atoms with Gasteiger partial charge < -0.3 is 26.2 Å². The number of aryl methyl sites for hydroxylation is 2. The maximum Gasteiger partial charge on any atom is 0.321 e. The van der Waals surface area contributed by atoms with Crippen molar-refractivity contribution in [3.8, 4) is 6.07 Å². The van der Waals surface area contributed by atoms with Crippen molar-refractivity contribution >= 4 is 58.1 Å². The van der Waals surface area contributed by atoms with Crippen molar-refractivity contribution in [3.63, 3.8) is 0 Å². The molecular weight excluding hydrogens is 578 g/mol. The molecule has 4 heterocycles. The van der Waals surface area contributed by atoms with Gasteiger partial charge in [0.15, 0.2) is 5.82 Å². The number of nitrogens with zero attached hydrogens (tertiary/aromatic N) is 5. The number of hydrogen-bond donors (Lipinski definition) is 4. The van der Waals surface area contributed by atoms with Crippen molar-refractivity contribution in [1.29, 1.82) is 5.26 Å². The van der Waals surface area contributed by atoms with E-state index in [-0.39, 0.29) is 17.9 Å². The molecule has 44 heavy (non-hydrogen) atoms. The molecule has 0 radical (unpaired) electrons. The zero-order valence-corrected chi connectivity index (χ0v) is 24.6. The van der Waals surface area contributed by atoms with E-state index in [1.54, 1.807) is 35.4 Å². The van der Waals surface area contributed by atoms with Crippen LogP contribution in [0.3, 0.4) is 0 Å². The fraction of sp³-hybridized carbons (Fsp3) is 0.250. The number of rotatable bonds is 4. The summed E-state index contributed by atoms with van der Waals surface area (Å²) in [6.07, 6.45) is 8.34. The molecule has 2 aliphatic heterocycles. The molecule has 6 bridgehead atoms. The lowest BCUT2D eigenvalue weighted by Crippen LogP contribution is -2.41. The third-order valence-corrected chi connectivity index (χ3v) is 8.04. The number of pyridine rings is 1. The van der Waals surface area contributed by atoms with E-state index in [4.69, 9.17) is 16.9 Å². The van der Waals surface area contributed by atoms with Gasteiger partial charge in [-0.25, -0.2) is 9.78 Å². The summed E-state index contributed by atoms with van der Waals surface area (Å²) in [5.74, 6) is 0.987. The van der Waals surface area contributed by atoms with E-state index in [0.29, 0.717) is 54.0 Å². The smallest absolute Gasteiger partial charge is 0.321 e. The van der Waals surface area contributed by atoms with Gasteiger partial charge in [0, 0.05) is 42.8 Å². The van der Waals surface area contributed by atoms with Crippen LogP contribution >= 0.6 is 11.6 Å². The minimum atomic E-state index is -0.178. The Balaban J connectivity index is 1.09. The minimum Gasteiger partial charge on any atom is -0.339 e. The van der Waals surface area contributed by atoms with Gasteiger partial charge in [-0.3, -0.25) is 9.78 Å². The first-order valence-corrected chi connectivity index (χ1v) is 14.8. The fourth-order valence-electron chi connectivity index (χ4n) is 5.39. The van der Waals surface area contributed by atoms with Gasteiger partial charge >= 0.3 is 6.03 Å². The topological polar surface area (TPSA) is 148 Å². The molecular formula is C32H30ClN9O2. The summed E-state index contributed by atoms with van der Waals surface area (Å²) in [6, 6.07) is 16.5. The van der Waals surface area contributed by atoms with Crippen LogP contribution in [0.15, 0.2) is 67.1 Å². The summed E-state index contributed by atoms with van der Waals surface area (Å²) in [5, 5.41) is 21.8. The summed E-state index contributed by atoms with van der Waals surface area (Å²) in [7, 11) is 0. The van der Waals surface area contributed by atoms with E-state index in [1.165, 1.54) is 6.20 Å².